The minimum absolute atomic E-state index is 0.205. The summed E-state index contributed by atoms with van der Waals surface area (Å²) in [5.74, 6) is 0.422. The molecule has 0 atom stereocenters. The molecule has 5 rings (SSSR count). The number of fused-ring (bicyclic) bond motifs is 3. The predicted molar refractivity (Wildman–Crippen MR) is 115 cm³/mol. The van der Waals surface area contributed by atoms with Crippen LogP contribution in [-0.4, -0.2) is 49.5 Å². The summed E-state index contributed by atoms with van der Waals surface area (Å²) in [4.78, 5) is 34.6. The molecule has 1 amide bonds. The number of nitrogens with zero attached hydrogens (tertiary/aromatic N) is 3. The number of aromatic amines is 1. The summed E-state index contributed by atoms with van der Waals surface area (Å²) in [5.41, 5.74) is 2.48. The molecule has 0 radical (unpaired) electrons. The number of aliphatic hydroxyl groups is 1. The zero-order chi connectivity index (χ0) is 20.8. The van der Waals surface area contributed by atoms with Crippen LogP contribution in [0.3, 0.4) is 0 Å². The molecule has 0 unspecified atom stereocenters. The van der Waals surface area contributed by atoms with E-state index in [1.807, 2.05) is 30.3 Å². The average molecular weight is 423 g/mol. The maximum absolute atomic E-state index is 13.0. The number of rotatable bonds is 2. The quantitative estimate of drug-likeness (QED) is 0.519. The van der Waals surface area contributed by atoms with Crippen molar-refractivity contribution < 1.29 is 9.90 Å². The smallest absolute Gasteiger partial charge is 0.274 e. The number of benzene rings is 2. The zero-order valence-corrected chi connectivity index (χ0v) is 16.8. The number of hydrogen-bond acceptors (Lipinski definition) is 4. The van der Waals surface area contributed by atoms with Gasteiger partial charge in [0, 0.05) is 18.7 Å². The van der Waals surface area contributed by atoms with E-state index in [4.69, 9.17) is 11.6 Å². The highest BCUT2D eigenvalue weighted by Crippen LogP contribution is 2.28. The van der Waals surface area contributed by atoms with Gasteiger partial charge in [-0.15, -0.1) is 0 Å². The van der Waals surface area contributed by atoms with Crippen molar-refractivity contribution in [3.05, 3.63) is 69.6 Å². The van der Waals surface area contributed by atoms with Gasteiger partial charge in [-0.05, 0) is 25.0 Å². The molecule has 1 fully saturated rings. The molecule has 8 heteroatoms. The molecule has 1 aliphatic rings. The Balaban J connectivity index is 1.68. The van der Waals surface area contributed by atoms with Crippen LogP contribution in [0.25, 0.3) is 27.9 Å². The van der Waals surface area contributed by atoms with E-state index in [-0.39, 0.29) is 17.6 Å². The Kier molecular flexibility index (Phi) is 4.56. The van der Waals surface area contributed by atoms with Gasteiger partial charge >= 0.3 is 0 Å². The minimum atomic E-state index is -0.372. The number of aliphatic hydroxyl groups excluding tert-OH is 1. The van der Waals surface area contributed by atoms with Crippen molar-refractivity contribution in [2.75, 3.05) is 13.1 Å². The molecule has 4 aromatic rings. The van der Waals surface area contributed by atoms with Crippen LogP contribution >= 0.6 is 11.6 Å². The van der Waals surface area contributed by atoms with Crippen LogP contribution < -0.4 is 5.56 Å². The number of halogens is 1. The average Bonchev–Trinajstić information content (AvgIpc) is 3.21. The Morgan fingerprint density at radius 2 is 1.87 bits per heavy atom. The van der Waals surface area contributed by atoms with E-state index in [9.17, 15) is 14.7 Å². The van der Waals surface area contributed by atoms with Crippen molar-refractivity contribution in [2.24, 2.45) is 0 Å². The van der Waals surface area contributed by atoms with Crippen LogP contribution in [0.2, 0.25) is 5.02 Å². The van der Waals surface area contributed by atoms with Crippen LogP contribution in [0.1, 0.15) is 23.2 Å². The summed E-state index contributed by atoms with van der Waals surface area (Å²) in [7, 11) is 0. The highest BCUT2D eigenvalue weighted by molar-refractivity contribution is 6.34. The molecule has 2 aromatic carbocycles. The lowest BCUT2D eigenvalue weighted by Gasteiger charge is -2.30. The normalized spacial score (nSPS) is 15.2. The highest BCUT2D eigenvalue weighted by atomic mass is 35.5. The Bertz CT molecular complexity index is 1320. The molecule has 1 aliphatic heterocycles. The minimum Gasteiger partial charge on any atom is -0.393 e. The summed E-state index contributed by atoms with van der Waals surface area (Å²) in [6.45, 7) is 0.952. The number of likely N-dealkylation sites (tertiary alicyclic amines) is 1. The van der Waals surface area contributed by atoms with Gasteiger partial charge in [0.05, 0.1) is 33.9 Å². The lowest BCUT2D eigenvalue weighted by Crippen LogP contribution is -2.40. The number of nitrogens with one attached hydrogen (secondary N) is 1. The van der Waals surface area contributed by atoms with Gasteiger partial charge in [0.15, 0.2) is 0 Å². The van der Waals surface area contributed by atoms with Crippen molar-refractivity contribution in [3.8, 4) is 11.4 Å². The third kappa shape index (κ3) is 3.07. The van der Waals surface area contributed by atoms with Gasteiger partial charge in [0.25, 0.3) is 11.5 Å². The Labute approximate surface area is 176 Å². The van der Waals surface area contributed by atoms with Crippen molar-refractivity contribution in [1.29, 1.82) is 0 Å². The molecule has 7 nitrogen and oxygen atoms in total. The fourth-order valence-corrected chi connectivity index (χ4v) is 4.22. The molecule has 0 spiro atoms. The molecule has 3 heterocycles. The third-order valence-electron chi connectivity index (χ3n) is 5.58. The van der Waals surface area contributed by atoms with Crippen LogP contribution in [0, 0.1) is 0 Å². The molecule has 2 aromatic heterocycles. The number of H-pyrrole nitrogens is 1. The number of carbonyl (C=O) groups is 1. The van der Waals surface area contributed by atoms with E-state index >= 15 is 0 Å². The predicted octanol–water partition coefficient (Wildman–Crippen LogP) is 3.09. The van der Waals surface area contributed by atoms with Gasteiger partial charge in [-0.2, -0.15) is 0 Å². The highest BCUT2D eigenvalue weighted by Gasteiger charge is 2.25. The van der Waals surface area contributed by atoms with Crippen LogP contribution in [0.4, 0.5) is 0 Å². The fraction of sp³-hybridized carbons (Fsp3) is 0.227. The SMILES string of the molecule is O=C(c1cc2[nH]c(=O)c3cnc(-c4ccccc4)n3c2cc1Cl)N1CCC(O)CC1. The number of amides is 1. The van der Waals surface area contributed by atoms with Crippen molar-refractivity contribution >= 4 is 34.1 Å². The van der Waals surface area contributed by atoms with Crippen molar-refractivity contribution in [1.82, 2.24) is 19.3 Å². The Morgan fingerprint density at radius 1 is 1.13 bits per heavy atom. The first-order chi connectivity index (χ1) is 14.5. The van der Waals surface area contributed by atoms with E-state index in [1.165, 1.54) is 6.20 Å². The molecule has 2 N–H and O–H groups in total. The fourth-order valence-electron chi connectivity index (χ4n) is 3.98. The van der Waals surface area contributed by atoms with E-state index < -0.39 is 0 Å². The second-order valence-corrected chi connectivity index (χ2v) is 7.90. The second kappa shape index (κ2) is 7.27. The monoisotopic (exact) mass is 422 g/mol. The molecule has 0 aliphatic carbocycles. The summed E-state index contributed by atoms with van der Waals surface area (Å²) >= 11 is 6.53. The molecule has 0 bridgehead atoms. The van der Waals surface area contributed by atoms with Crippen LogP contribution in [0.5, 0.6) is 0 Å². The summed E-state index contributed by atoms with van der Waals surface area (Å²) in [5, 5.41) is 10.00. The largest absolute Gasteiger partial charge is 0.393 e. The summed E-state index contributed by atoms with van der Waals surface area (Å²) < 4.78 is 1.76. The number of carbonyl (C=O) groups excluding carboxylic acids is 1. The molecular formula is C22H19ClN4O3. The van der Waals surface area contributed by atoms with E-state index in [0.717, 1.165) is 5.56 Å². The number of piperidine rings is 1. The lowest BCUT2D eigenvalue weighted by atomic mass is 10.1. The van der Waals surface area contributed by atoms with Gasteiger partial charge in [-0.1, -0.05) is 41.9 Å². The van der Waals surface area contributed by atoms with Gasteiger partial charge in [-0.3, -0.25) is 14.0 Å². The number of aromatic nitrogens is 3. The second-order valence-electron chi connectivity index (χ2n) is 7.50. The molecule has 0 saturated carbocycles. The van der Waals surface area contributed by atoms with Crippen molar-refractivity contribution in [3.63, 3.8) is 0 Å². The molecular weight excluding hydrogens is 404 g/mol. The first kappa shape index (κ1) is 18.8. The van der Waals surface area contributed by atoms with Crippen LogP contribution in [0.15, 0.2) is 53.5 Å². The first-order valence-corrected chi connectivity index (χ1v) is 10.2. The van der Waals surface area contributed by atoms with E-state index in [2.05, 4.69) is 9.97 Å². The van der Waals surface area contributed by atoms with Gasteiger partial charge in [0.2, 0.25) is 0 Å². The standard InChI is InChI=1S/C22H19ClN4O3/c23-16-11-18-17(10-15(16)22(30)26-8-6-14(28)7-9-26)25-21(29)19-12-24-20(27(18)19)13-4-2-1-3-5-13/h1-5,10-12,14,28H,6-9H2,(H,25,29). The summed E-state index contributed by atoms with van der Waals surface area (Å²) in [6, 6.07) is 12.9. The first-order valence-electron chi connectivity index (χ1n) is 9.78. The van der Waals surface area contributed by atoms with E-state index in [1.54, 1.807) is 21.4 Å². The maximum Gasteiger partial charge on any atom is 0.274 e. The van der Waals surface area contributed by atoms with Gasteiger partial charge < -0.3 is 15.0 Å². The molecule has 30 heavy (non-hydrogen) atoms. The molecule has 152 valence electrons. The summed E-state index contributed by atoms with van der Waals surface area (Å²) in [6.07, 6.45) is 2.25. The third-order valence-corrected chi connectivity index (χ3v) is 5.90. The van der Waals surface area contributed by atoms with Gasteiger partial charge in [-0.25, -0.2) is 4.98 Å². The lowest BCUT2D eigenvalue weighted by molar-refractivity contribution is 0.0547. The number of imidazole rings is 1. The molecule has 1 saturated heterocycles. The van der Waals surface area contributed by atoms with Crippen molar-refractivity contribution in [2.45, 2.75) is 18.9 Å². The Morgan fingerprint density at radius 3 is 2.60 bits per heavy atom. The van der Waals surface area contributed by atoms with Gasteiger partial charge in [0.1, 0.15) is 11.3 Å². The number of hydrogen-bond donors (Lipinski definition) is 2. The maximum atomic E-state index is 13.0. The topological polar surface area (TPSA) is 90.7 Å². The van der Waals surface area contributed by atoms with Crippen LogP contribution in [-0.2, 0) is 0 Å². The Hall–Kier alpha value is -3.16. The van der Waals surface area contributed by atoms with E-state index in [0.29, 0.717) is 58.9 Å². The zero-order valence-electron chi connectivity index (χ0n) is 16.0.